The molecular weight excluding hydrogens is 335 g/mol. The number of nitrogens with zero attached hydrogens (tertiary/aromatic N) is 2. The van der Waals surface area contributed by atoms with Crippen LogP contribution in [0.15, 0.2) is 35.1 Å². The maximum Gasteiger partial charge on any atom is 0.417 e. The van der Waals surface area contributed by atoms with Crippen LogP contribution in [0.1, 0.15) is 24.4 Å². The van der Waals surface area contributed by atoms with Gasteiger partial charge >= 0.3 is 6.18 Å². The van der Waals surface area contributed by atoms with Gasteiger partial charge in [0.2, 0.25) is 0 Å². The molecule has 0 radical (unpaired) electrons. The highest BCUT2D eigenvalue weighted by molar-refractivity contribution is 9.10. The monoisotopic (exact) mass is 347 g/mol. The van der Waals surface area contributed by atoms with Crippen LogP contribution < -0.4 is 5.32 Å². The zero-order chi connectivity index (χ0) is 14.9. The molecule has 1 atom stereocenters. The summed E-state index contributed by atoms with van der Waals surface area (Å²) in [6.07, 6.45) is -0.949. The van der Waals surface area contributed by atoms with Gasteiger partial charge in [-0.15, -0.1) is 0 Å². The molecule has 0 aliphatic heterocycles. The lowest BCUT2D eigenvalue weighted by atomic mass is 10.2. The Morgan fingerprint density at radius 3 is 2.60 bits per heavy atom. The van der Waals surface area contributed by atoms with Gasteiger partial charge in [0.05, 0.1) is 11.6 Å². The van der Waals surface area contributed by atoms with E-state index in [0.29, 0.717) is 5.69 Å². The number of nitrogens with one attached hydrogen (secondary N) is 1. The lowest BCUT2D eigenvalue weighted by Crippen LogP contribution is -2.13. The maximum atomic E-state index is 12.8. The van der Waals surface area contributed by atoms with Gasteiger partial charge in [0.15, 0.2) is 0 Å². The van der Waals surface area contributed by atoms with Crippen molar-refractivity contribution in [3.05, 3.63) is 46.5 Å². The molecule has 108 valence electrons. The van der Waals surface area contributed by atoms with Crippen LogP contribution in [0.2, 0.25) is 0 Å². The number of hydrogen-bond donors (Lipinski definition) is 1. The van der Waals surface area contributed by atoms with Gasteiger partial charge < -0.3 is 9.88 Å². The Hall–Kier alpha value is -1.50. The van der Waals surface area contributed by atoms with Crippen LogP contribution >= 0.6 is 15.9 Å². The fourth-order valence-electron chi connectivity index (χ4n) is 1.94. The Bertz CT molecular complexity index is 607. The summed E-state index contributed by atoms with van der Waals surface area (Å²) in [6.45, 7) is 1.84. The average molecular weight is 348 g/mol. The first-order valence-corrected chi connectivity index (χ1v) is 6.69. The summed E-state index contributed by atoms with van der Waals surface area (Å²) in [7, 11) is 1.84. The van der Waals surface area contributed by atoms with E-state index >= 15 is 0 Å². The molecule has 0 bridgehead atoms. The Morgan fingerprint density at radius 2 is 2.05 bits per heavy atom. The minimum atomic E-state index is -4.39. The summed E-state index contributed by atoms with van der Waals surface area (Å²) < 4.78 is 40.3. The number of anilines is 1. The Balaban J connectivity index is 2.25. The molecule has 2 aromatic rings. The maximum absolute atomic E-state index is 12.8. The molecule has 1 heterocycles. The second kappa shape index (κ2) is 5.47. The lowest BCUT2D eigenvalue weighted by Gasteiger charge is -2.17. The highest BCUT2D eigenvalue weighted by Gasteiger charge is 2.33. The third-order valence-electron chi connectivity index (χ3n) is 2.90. The molecule has 1 unspecified atom stereocenters. The standard InChI is InChI=1S/C13H13BrF3N3/c1-8(12-18-5-6-20(12)2)19-9-3-4-11(14)10(7-9)13(15,16)17/h3-8,19H,1-2H3. The van der Waals surface area contributed by atoms with Crippen molar-refractivity contribution in [3.63, 3.8) is 0 Å². The third kappa shape index (κ3) is 3.15. The lowest BCUT2D eigenvalue weighted by molar-refractivity contribution is -0.138. The van der Waals surface area contributed by atoms with Crippen molar-refractivity contribution in [3.8, 4) is 0 Å². The molecule has 0 spiro atoms. The molecule has 0 amide bonds. The van der Waals surface area contributed by atoms with E-state index in [0.717, 1.165) is 11.9 Å². The quantitative estimate of drug-likeness (QED) is 0.893. The molecule has 1 aromatic carbocycles. The SMILES string of the molecule is CC(Nc1ccc(Br)c(C(F)(F)F)c1)c1nccn1C. The molecule has 0 aliphatic carbocycles. The van der Waals surface area contributed by atoms with E-state index in [4.69, 9.17) is 0 Å². The second-order valence-electron chi connectivity index (χ2n) is 4.45. The molecule has 0 saturated carbocycles. The van der Waals surface area contributed by atoms with Gasteiger partial charge in [-0.2, -0.15) is 13.2 Å². The molecular formula is C13H13BrF3N3. The van der Waals surface area contributed by atoms with Crippen LogP contribution in [0.25, 0.3) is 0 Å². The van der Waals surface area contributed by atoms with Gasteiger partial charge in [0.1, 0.15) is 5.82 Å². The highest BCUT2D eigenvalue weighted by Crippen LogP contribution is 2.36. The van der Waals surface area contributed by atoms with E-state index < -0.39 is 11.7 Å². The number of imidazole rings is 1. The molecule has 1 N–H and O–H groups in total. The van der Waals surface area contributed by atoms with E-state index in [2.05, 4.69) is 26.2 Å². The van der Waals surface area contributed by atoms with Gasteiger partial charge in [0.25, 0.3) is 0 Å². The van der Waals surface area contributed by atoms with Gasteiger partial charge in [-0.05, 0) is 25.1 Å². The predicted molar refractivity (Wildman–Crippen MR) is 74.4 cm³/mol. The highest BCUT2D eigenvalue weighted by atomic mass is 79.9. The fourth-order valence-corrected chi connectivity index (χ4v) is 2.41. The number of alkyl halides is 3. The summed E-state index contributed by atoms with van der Waals surface area (Å²) >= 11 is 2.92. The van der Waals surface area contributed by atoms with E-state index in [9.17, 15) is 13.2 Å². The normalized spacial score (nSPS) is 13.3. The molecule has 20 heavy (non-hydrogen) atoms. The molecule has 0 aliphatic rings. The molecule has 7 heteroatoms. The molecule has 0 fully saturated rings. The van der Waals surface area contributed by atoms with E-state index in [1.165, 1.54) is 6.07 Å². The minimum Gasteiger partial charge on any atom is -0.375 e. The third-order valence-corrected chi connectivity index (χ3v) is 3.59. The smallest absolute Gasteiger partial charge is 0.375 e. The minimum absolute atomic E-state index is 0.0280. The Kier molecular flexibility index (Phi) is 4.08. The summed E-state index contributed by atoms with van der Waals surface area (Å²) in [6, 6.07) is 3.87. The Labute approximate surface area is 123 Å². The zero-order valence-corrected chi connectivity index (χ0v) is 12.5. The molecule has 0 saturated heterocycles. The summed E-state index contributed by atoms with van der Waals surface area (Å²) in [5, 5.41) is 3.02. The average Bonchev–Trinajstić information content (AvgIpc) is 2.76. The van der Waals surface area contributed by atoms with Crippen molar-refractivity contribution >= 4 is 21.6 Å². The van der Waals surface area contributed by atoms with E-state index in [-0.39, 0.29) is 10.5 Å². The predicted octanol–water partition coefficient (Wildman–Crippen LogP) is 4.37. The summed E-state index contributed by atoms with van der Waals surface area (Å²) in [5.41, 5.74) is -0.300. The van der Waals surface area contributed by atoms with E-state index in [1.807, 2.05) is 18.5 Å². The zero-order valence-electron chi connectivity index (χ0n) is 10.9. The first kappa shape index (κ1) is 14.9. The Morgan fingerprint density at radius 1 is 1.35 bits per heavy atom. The number of rotatable bonds is 3. The number of aromatic nitrogens is 2. The first-order valence-electron chi connectivity index (χ1n) is 5.89. The topological polar surface area (TPSA) is 29.9 Å². The molecule has 3 nitrogen and oxygen atoms in total. The largest absolute Gasteiger partial charge is 0.417 e. The van der Waals surface area contributed by atoms with Gasteiger partial charge in [0, 0.05) is 29.6 Å². The summed E-state index contributed by atoms with van der Waals surface area (Å²) in [5.74, 6) is 0.751. The van der Waals surface area contributed by atoms with Crippen LogP contribution in [0.3, 0.4) is 0 Å². The van der Waals surface area contributed by atoms with Crippen molar-refractivity contribution in [2.45, 2.75) is 19.1 Å². The summed E-state index contributed by atoms with van der Waals surface area (Å²) in [4.78, 5) is 4.17. The van der Waals surface area contributed by atoms with Gasteiger partial charge in [-0.3, -0.25) is 0 Å². The number of aryl methyl sites for hydroxylation is 1. The van der Waals surface area contributed by atoms with Crippen molar-refractivity contribution in [2.24, 2.45) is 7.05 Å². The van der Waals surface area contributed by atoms with Crippen LogP contribution in [0.4, 0.5) is 18.9 Å². The van der Waals surface area contributed by atoms with Gasteiger partial charge in [-0.1, -0.05) is 15.9 Å². The van der Waals surface area contributed by atoms with Crippen molar-refractivity contribution < 1.29 is 13.2 Å². The fraction of sp³-hybridized carbons (Fsp3) is 0.308. The molecule has 1 aromatic heterocycles. The first-order chi connectivity index (χ1) is 9.29. The van der Waals surface area contributed by atoms with Gasteiger partial charge in [-0.25, -0.2) is 4.98 Å². The van der Waals surface area contributed by atoms with Crippen molar-refractivity contribution in [2.75, 3.05) is 5.32 Å². The van der Waals surface area contributed by atoms with Crippen LogP contribution in [0, 0.1) is 0 Å². The number of hydrogen-bond acceptors (Lipinski definition) is 2. The van der Waals surface area contributed by atoms with Crippen molar-refractivity contribution in [1.82, 2.24) is 9.55 Å². The van der Waals surface area contributed by atoms with E-state index in [1.54, 1.807) is 18.5 Å². The molecule has 2 rings (SSSR count). The van der Waals surface area contributed by atoms with Crippen LogP contribution in [-0.2, 0) is 13.2 Å². The van der Waals surface area contributed by atoms with Crippen LogP contribution in [0.5, 0.6) is 0 Å². The van der Waals surface area contributed by atoms with Crippen molar-refractivity contribution in [1.29, 1.82) is 0 Å². The van der Waals surface area contributed by atoms with Crippen LogP contribution in [-0.4, -0.2) is 9.55 Å². The number of halogens is 4. The second-order valence-corrected chi connectivity index (χ2v) is 5.31. The number of benzene rings is 1.